The predicted molar refractivity (Wildman–Crippen MR) is 125 cm³/mol. The van der Waals surface area contributed by atoms with Gasteiger partial charge in [0.1, 0.15) is 0 Å². The topological polar surface area (TPSA) is 58.1 Å². The molecule has 0 saturated carbocycles. The van der Waals surface area contributed by atoms with Gasteiger partial charge in [-0.1, -0.05) is 48.0 Å². The first-order valence-electron chi connectivity index (χ1n) is 10.4. The number of nitrogens with zero attached hydrogens (tertiary/aromatic N) is 3. The van der Waals surface area contributed by atoms with E-state index < -0.39 is 0 Å². The third-order valence-corrected chi connectivity index (χ3v) is 5.21. The summed E-state index contributed by atoms with van der Waals surface area (Å²) in [5, 5.41) is 3.93. The maximum absolute atomic E-state index is 13.1. The van der Waals surface area contributed by atoms with Gasteiger partial charge in [-0.2, -0.15) is 0 Å². The summed E-state index contributed by atoms with van der Waals surface area (Å²) in [4.78, 5) is 24.4. The Bertz CT molecular complexity index is 1180. The van der Waals surface area contributed by atoms with Crippen molar-refractivity contribution in [1.29, 1.82) is 0 Å². The fourth-order valence-corrected chi connectivity index (χ4v) is 3.60. The van der Waals surface area contributed by atoms with E-state index in [9.17, 15) is 4.79 Å². The van der Waals surface area contributed by atoms with E-state index in [0.717, 1.165) is 35.2 Å². The number of aromatic nitrogens is 2. The van der Waals surface area contributed by atoms with Gasteiger partial charge in [0.2, 0.25) is 0 Å². The summed E-state index contributed by atoms with van der Waals surface area (Å²) < 4.78 is 0. The minimum Gasteiger partial charge on any atom is -0.351 e. The summed E-state index contributed by atoms with van der Waals surface area (Å²) in [6.45, 7) is 4.19. The minimum atomic E-state index is -0.0942. The van der Waals surface area contributed by atoms with Crippen molar-refractivity contribution in [2.45, 2.75) is 13.5 Å². The summed E-state index contributed by atoms with van der Waals surface area (Å²) in [5.74, 6) is -0.0942. The smallest absolute Gasteiger partial charge is 0.252 e. The molecule has 0 aliphatic carbocycles. The third kappa shape index (κ3) is 5.13. The lowest BCUT2D eigenvalue weighted by Gasteiger charge is -2.17. The lowest BCUT2D eigenvalue weighted by molar-refractivity contribution is 0.0951. The molecular formula is C26H26N4O. The number of carbonyl (C=O) groups excluding carboxylic acids is 1. The number of carbonyl (C=O) groups is 1. The van der Waals surface area contributed by atoms with E-state index in [1.165, 1.54) is 5.56 Å². The Morgan fingerprint density at radius 1 is 0.968 bits per heavy atom. The monoisotopic (exact) mass is 410 g/mol. The number of amides is 1. The van der Waals surface area contributed by atoms with Crippen LogP contribution in [-0.4, -0.2) is 40.9 Å². The first-order valence-corrected chi connectivity index (χ1v) is 10.4. The molecule has 0 radical (unpaired) electrons. The molecule has 1 N–H and O–H groups in total. The van der Waals surface area contributed by atoms with Gasteiger partial charge in [0.05, 0.1) is 22.5 Å². The number of aryl methyl sites for hydroxylation is 1. The maximum Gasteiger partial charge on any atom is 0.252 e. The van der Waals surface area contributed by atoms with Crippen LogP contribution in [0.25, 0.3) is 22.3 Å². The number of hydrogen-bond acceptors (Lipinski definition) is 4. The van der Waals surface area contributed by atoms with Gasteiger partial charge in [0, 0.05) is 31.2 Å². The third-order valence-electron chi connectivity index (χ3n) is 5.21. The molecule has 2 aromatic heterocycles. The van der Waals surface area contributed by atoms with Crippen LogP contribution in [0.15, 0.2) is 79.0 Å². The number of nitrogens with one attached hydrogen (secondary N) is 1. The first kappa shape index (κ1) is 20.7. The zero-order valence-electron chi connectivity index (χ0n) is 17.9. The highest BCUT2D eigenvalue weighted by molar-refractivity contribution is 6.07. The molecule has 0 aliphatic rings. The lowest BCUT2D eigenvalue weighted by Crippen LogP contribution is -2.33. The number of fused-ring (bicyclic) bond motifs is 1. The van der Waals surface area contributed by atoms with Gasteiger partial charge in [0.15, 0.2) is 0 Å². The second kappa shape index (κ2) is 9.49. The summed E-state index contributed by atoms with van der Waals surface area (Å²) >= 11 is 0. The number of rotatable bonds is 7. The highest BCUT2D eigenvalue weighted by Gasteiger charge is 2.15. The van der Waals surface area contributed by atoms with Gasteiger partial charge in [-0.25, -0.2) is 4.98 Å². The Kier molecular flexibility index (Phi) is 6.34. The van der Waals surface area contributed by atoms with Crippen molar-refractivity contribution in [3.05, 3.63) is 95.7 Å². The number of hydrogen-bond donors (Lipinski definition) is 1. The van der Waals surface area contributed by atoms with Crippen LogP contribution < -0.4 is 5.32 Å². The molecule has 0 saturated heterocycles. The standard InChI is InChI=1S/C26H26N4O/c1-19-11-12-23-21(16-19)22(17-25(29-23)24-10-6-7-13-27-24)26(31)28-14-15-30(2)18-20-8-4-3-5-9-20/h3-13,16-17H,14-15,18H2,1-2H3,(H,28,31). The molecule has 0 aliphatic heterocycles. The van der Waals surface area contributed by atoms with Crippen molar-refractivity contribution in [1.82, 2.24) is 20.2 Å². The van der Waals surface area contributed by atoms with Crippen molar-refractivity contribution < 1.29 is 4.79 Å². The van der Waals surface area contributed by atoms with Crippen molar-refractivity contribution in [2.75, 3.05) is 20.1 Å². The Balaban J connectivity index is 1.52. The Morgan fingerprint density at radius 3 is 2.55 bits per heavy atom. The van der Waals surface area contributed by atoms with Crippen LogP contribution in [0.1, 0.15) is 21.5 Å². The van der Waals surface area contributed by atoms with Crippen LogP contribution in [0.4, 0.5) is 0 Å². The molecule has 0 atom stereocenters. The van der Waals surface area contributed by atoms with Crippen LogP contribution >= 0.6 is 0 Å². The summed E-state index contributed by atoms with van der Waals surface area (Å²) in [7, 11) is 2.06. The van der Waals surface area contributed by atoms with Crippen molar-refractivity contribution >= 4 is 16.8 Å². The SMILES string of the molecule is Cc1ccc2nc(-c3ccccn3)cc(C(=O)NCCN(C)Cc3ccccc3)c2c1. The molecule has 2 heterocycles. The highest BCUT2D eigenvalue weighted by Crippen LogP contribution is 2.24. The van der Waals surface area contributed by atoms with Gasteiger partial charge in [-0.15, -0.1) is 0 Å². The number of pyridine rings is 2. The van der Waals surface area contributed by atoms with E-state index in [4.69, 9.17) is 4.98 Å². The molecule has 0 spiro atoms. The van der Waals surface area contributed by atoms with E-state index >= 15 is 0 Å². The van der Waals surface area contributed by atoms with Crippen LogP contribution in [0, 0.1) is 6.92 Å². The Morgan fingerprint density at radius 2 is 1.77 bits per heavy atom. The van der Waals surface area contributed by atoms with Gasteiger partial charge in [-0.3, -0.25) is 9.78 Å². The molecule has 5 heteroatoms. The van der Waals surface area contributed by atoms with Crippen LogP contribution in [-0.2, 0) is 6.54 Å². The zero-order chi connectivity index (χ0) is 21.6. The lowest BCUT2D eigenvalue weighted by atomic mass is 10.0. The molecule has 0 unspecified atom stereocenters. The Hall–Kier alpha value is -3.57. The van der Waals surface area contributed by atoms with Crippen molar-refractivity contribution in [3.63, 3.8) is 0 Å². The fraction of sp³-hybridized carbons (Fsp3) is 0.192. The highest BCUT2D eigenvalue weighted by atomic mass is 16.1. The van der Waals surface area contributed by atoms with Gasteiger partial charge in [0.25, 0.3) is 5.91 Å². The minimum absolute atomic E-state index is 0.0942. The van der Waals surface area contributed by atoms with Crippen molar-refractivity contribution in [2.24, 2.45) is 0 Å². The fourth-order valence-electron chi connectivity index (χ4n) is 3.60. The Labute approximate surface area is 182 Å². The number of benzene rings is 2. The maximum atomic E-state index is 13.1. The summed E-state index contributed by atoms with van der Waals surface area (Å²) in [6, 6.07) is 23.8. The molecule has 4 aromatic rings. The first-order chi connectivity index (χ1) is 15.1. The largest absolute Gasteiger partial charge is 0.351 e. The van der Waals surface area contributed by atoms with E-state index in [-0.39, 0.29) is 5.91 Å². The van der Waals surface area contributed by atoms with E-state index in [0.29, 0.717) is 17.8 Å². The van der Waals surface area contributed by atoms with Crippen molar-refractivity contribution in [3.8, 4) is 11.4 Å². The average molecular weight is 411 g/mol. The van der Waals surface area contributed by atoms with Crippen LogP contribution in [0.3, 0.4) is 0 Å². The van der Waals surface area contributed by atoms with E-state index in [2.05, 4.69) is 34.4 Å². The molecule has 0 fully saturated rings. The molecule has 0 bridgehead atoms. The van der Waals surface area contributed by atoms with E-state index in [1.54, 1.807) is 6.20 Å². The zero-order valence-corrected chi connectivity index (χ0v) is 17.9. The molecule has 156 valence electrons. The van der Waals surface area contributed by atoms with Gasteiger partial charge in [-0.05, 0) is 49.9 Å². The second-order valence-corrected chi connectivity index (χ2v) is 7.77. The predicted octanol–water partition coefficient (Wildman–Crippen LogP) is 4.47. The quantitative estimate of drug-likeness (QED) is 0.488. The molecule has 2 aromatic carbocycles. The second-order valence-electron chi connectivity index (χ2n) is 7.77. The number of likely N-dealkylation sites (N-methyl/N-ethyl adjacent to an activating group) is 1. The van der Waals surface area contributed by atoms with E-state index in [1.807, 2.05) is 67.6 Å². The average Bonchev–Trinajstić information content (AvgIpc) is 2.79. The molecule has 31 heavy (non-hydrogen) atoms. The molecule has 1 amide bonds. The molecular weight excluding hydrogens is 384 g/mol. The summed E-state index contributed by atoms with van der Waals surface area (Å²) in [5.41, 5.74) is 5.22. The molecule has 4 rings (SSSR count). The van der Waals surface area contributed by atoms with Gasteiger partial charge < -0.3 is 10.2 Å². The van der Waals surface area contributed by atoms with Crippen LogP contribution in [0.5, 0.6) is 0 Å². The van der Waals surface area contributed by atoms with Gasteiger partial charge >= 0.3 is 0 Å². The summed E-state index contributed by atoms with van der Waals surface area (Å²) in [6.07, 6.45) is 1.73. The molecule has 5 nitrogen and oxygen atoms in total. The van der Waals surface area contributed by atoms with Crippen LogP contribution in [0.2, 0.25) is 0 Å². The normalized spacial score (nSPS) is 11.1.